The predicted molar refractivity (Wildman–Crippen MR) is 315 cm³/mol. The van der Waals surface area contributed by atoms with E-state index in [0.717, 1.165) is 46.8 Å². The number of unbranched alkanes of at least 4 members (excludes halogenated alkanes) is 15. The molecule has 71 heavy (non-hydrogen) atoms. The number of fused-ring (bicyclic) bond motifs is 4. The molecule has 4 nitrogen and oxygen atoms in total. The number of hydrogen-bond acceptors (Lipinski definition) is 6. The summed E-state index contributed by atoms with van der Waals surface area (Å²) in [4.78, 5) is 43.2. The van der Waals surface area contributed by atoms with Gasteiger partial charge in [-0.05, 0) is 95.5 Å². The third-order valence-corrected chi connectivity index (χ3v) is 20.9. The molecule has 0 radical (unpaired) electrons. The van der Waals surface area contributed by atoms with E-state index in [1.165, 1.54) is 162 Å². The van der Waals surface area contributed by atoms with Crippen molar-refractivity contribution in [3.05, 3.63) is 79.2 Å². The Morgan fingerprint density at radius 3 is 1.27 bits per heavy atom. The lowest BCUT2D eigenvalue weighted by Crippen LogP contribution is -2.34. The van der Waals surface area contributed by atoms with E-state index < -0.39 is 0 Å². The molecule has 0 saturated carbocycles. The van der Waals surface area contributed by atoms with Gasteiger partial charge in [0.1, 0.15) is 0 Å². The number of nitrogens with zero attached hydrogens (tertiary/aromatic N) is 2. The van der Waals surface area contributed by atoms with Crippen molar-refractivity contribution in [2.24, 2.45) is 11.8 Å². The number of carbonyl (C=O) groups excluding carboxylic acids is 2. The van der Waals surface area contributed by atoms with Crippen LogP contribution in [0.2, 0.25) is 0 Å². The van der Waals surface area contributed by atoms with Gasteiger partial charge in [-0.15, -0.1) is 45.3 Å². The van der Waals surface area contributed by atoms with Crippen LogP contribution in [0.3, 0.4) is 0 Å². The molecule has 8 heteroatoms. The van der Waals surface area contributed by atoms with Crippen molar-refractivity contribution < 1.29 is 9.59 Å². The van der Waals surface area contributed by atoms with Crippen LogP contribution in [-0.4, -0.2) is 34.7 Å². The SMILES string of the molecule is CCCCCCCCC(CCCCCC)CN1C(=O)C2=C(c3ccc(C(C)(C)C)s3)N(CC(CCCCCC)CCCCCCC)C(=O)C2=C1c1ccc(-c2cc3ccc4cc(C(C)(C)C)sc4c3s2)s1. The summed E-state index contributed by atoms with van der Waals surface area (Å²) in [6, 6.07) is 18.3. The minimum absolute atomic E-state index is 0.0386. The molecule has 388 valence electrons. The van der Waals surface area contributed by atoms with Crippen LogP contribution in [0.5, 0.6) is 0 Å². The minimum Gasteiger partial charge on any atom is -0.306 e. The highest BCUT2D eigenvalue weighted by atomic mass is 32.1. The van der Waals surface area contributed by atoms with E-state index >= 15 is 9.59 Å². The quantitative estimate of drug-likeness (QED) is 0.0430. The molecule has 6 heterocycles. The van der Waals surface area contributed by atoms with E-state index in [1.54, 1.807) is 22.7 Å². The van der Waals surface area contributed by atoms with Crippen LogP contribution in [0.25, 0.3) is 41.3 Å². The molecule has 0 spiro atoms. The summed E-state index contributed by atoms with van der Waals surface area (Å²) < 4.78 is 2.73. The summed E-state index contributed by atoms with van der Waals surface area (Å²) in [5.41, 5.74) is 3.14. The van der Waals surface area contributed by atoms with Crippen molar-refractivity contribution >= 4 is 88.7 Å². The highest BCUT2D eigenvalue weighted by molar-refractivity contribution is 7.30. The molecule has 2 aliphatic heterocycles. The van der Waals surface area contributed by atoms with Gasteiger partial charge in [0.15, 0.2) is 0 Å². The Kier molecular flexibility index (Phi) is 20.4. The van der Waals surface area contributed by atoms with Crippen molar-refractivity contribution in [3.63, 3.8) is 0 Å². The Labute approximate surface area is 446 Å². The van der Waals surface area contributed by atoms with E-state index in [4.69, 9.17) is 0 Å². The highest BCUT2D eigenvalue weighted by Crippen LogP contribution is 2.52. The largest absolute Gasteiger partial charge is 0.306 e. The summed E-state index contributed by atoms with van der Waals surface area (Å²) in [6.07, 6.45) is 28.2. The molecule has 4 aromatic heterocycles. The molecular formula is C63H90N2O2S4. The molecule has 2 aliphatic rings. The maximum absolute atomic E-state index is 15.9. The number of rotatable bonds is 30. The van der Waals surface area contributed by atoms with E-state index in [9.17, 15) is 0 Å². The van der Waals surface area contributed by atoms with Gasteiger partial charge < -0.3 is 9.80 Å². The van der Waals surface area contributed by atoms with Gasteiger partial charge in [0.05, 0.1) is 41.7 Å². The average molecular weight is 1040 g/mol. The van der Waals surface area contributed by atoms with Gasteiger partial charge in [-0.1, -0.05) is 203 Å². The van der Waals surface area contributed by atoms with E-state index in [1.807, 2.05) is 22.7 Å². The third-order valence-electron chi connectivity index (χ3n) is 15.2. The van der Waals surface area contributed by atoms with E-state index in [0.29, 0.717) is 36.1 Å². The Bertz CT molecular complexity index is 2580. The number of hydrogen-bond donors (Lipinski definition) is 0. The monoisotopic (exact) mass is 1030 g/mol. The number of amides is 2. The zero-order valence-corrected chi connectivity index (χ0v) is 49.1. The van der Waals surface area contributed by atoms with Crippen LogP contribution in [0.1, 0.15) is 236 Å². The van der Waals surface area contributed by atoms with Crippen molar-refractivity contribution in [3.8, 4) is 9.75 Å². The molecule has 2 unspecified atom stereocenters. The molecule has 7 rings (SSSR count). The second kappa shape index (κ2) is 25.9. The number of benzene rings is 1. The van der Waals surface area contributed by atoms with Gasteiger partial charge in [-0.25, -0.2) is 0 Å². The van der Waals surface area contributed by atoms with Gasteiger partial charge in [-0.2, -0.15) is 0 Å². The molecule has 0 fully saturated rings. The summed E-state index contributed by atoms with van der Waals surface area (Å²) in [5, 5.41) is 2.61. The molecule has 5 aromatic rings. The van der Waals surface area contributed by atoms with Crippen molar-refractivity contribution in [1.82, 2.24) is 9.80 Å². The number of carbonyl (C=O) groups is 2. The molecule has 1 aromatic carbocycles. The van der Waals surface area contributed by atoms with Crippen LogP contribution >= 0.6 is 45.3 Å². The minimum atomic E-state index is -0.0386. The zero-order chi connectivity index (χ0) is 50.7. The van der Waals surface area contributed by atoms with Crippen molar-refractivity contribution in [2.45, 2.75) is 228 Å². The topological polar surface area (TPSA) is 40.6 Å². The standard InChI is InChI=1S/C63H90N2O2S4/c1-11-15-19-23-25-29-33-45(31-27-22-18-14-4)42-64-56(49-37-36-48(68-49)51-40-46-34-35-47-41-53(63(8,9)10)71-59(47)58(46)70-51)54-55(61(64)67)57(50-38-39-52(69-50)62(5,6)7)65(60(54)66)43-44(30-26-21-17-13-3)32-28-24-20-16-12-2/h34-41,44-45H,11-33,42-43H2,1-10H3. The molecule has 2 amide bonds. The fourth-order valence-electron chi connectivity index (χ4n) is 10.9. The third kappa shape index (κ3) is 13.8. The van der Waals surface area contributed by atoms with Crippen LogP contribution in [0.15, 0.2) is 59.7 Å². The van der Waals surface area contributed by atoms with Gasteiger partial charge in [-0.3, -0.25) is 9.59 Å². The average Bonchev–Trinajstić information content (AvgIpc) is 4.20. The molecular weight excluding hydrogens is 945 g/mol. The van der Waals surface area contributed by atoms with Crippen LogP contribution in [0.4, 0.5) is 0 Å². The lowest BCUT2D eigenvalue weighted by Gasteiger charge is -2.29. The summed E-state index contributed by atoms with van der Waals surface area (Å²) in [6.45, 7) is 24.2. The van der Waals surface area contributed by atoms with Crippen LogP contribution in [-0.2, 0) is 20.4 Å². The summed E-state index contributed by atoms with van der Waals surface area (Å²) in [5.74, 6) is 0.857. The normalized spacial score (nSPS) is 15.5. The Morgan fingerprint density at radius 1 is 0.408 bits per heavy atom. The maximum Gasteiger partial charge on any atom is 0.261 e. The summed E-state index contributed by atoms with van der Waals surface area (Å²) >= 11 is 7.39. The molecule has 0 saturated heterocycles. The van der Waals surface area contributed by atoms with Gasteiger partial charge in [0.25, 0.3) is 11.8 Å². The second-order valence-electron chi connectivity index (χ2n) is 23.4. The highest BCUT2D eigenvalue weighted by Gasteiger charge is 2.50. The lowest BCUT2D eigenvalue weighted by atomic mass is 9.93. The van der Waals surface area contributed by atoms with E-state index in [-0.39, 0.29) is 22.6 Å². The number of thiophene rings is 4. The Balaban J connectivity index is 1.33. The second-order valence-corrected chi connectivity index (χ2v) is 27.7. The van der Waals surface area contributed by atoms with Crippen LogP contribution < -0.4 is 0 Å². The Hall–Kier alpha value is -3.04. The molecule has 0 N–H and O–H groups in total. The first-order chi connectivity index (χ1) is 34.2. The first-order valence-corrected chi connectivity index (χ1v) is 31.7. The molecule has 2 atom stereocenters. The van der Waals surface area contributed by atoms with Gasteiger partial charge in [0, 0.05) is 32.6 Å². The smallest absolute Gasteiger partial charge is 0.261 e. The maximum atomic E-state index is 15.9. The Morgan fingerprint density at radius 2 is 0.803 bits per heavy atom. The van der Waals surface area contributed by atoms with Crippen molar-refractivity contribution in [2.75, 3.05) is 13.1 Å². The van der Waals surface area contributed by atoms with Crippen LogP contribution in [0, 0.1) is 11.8 Å². The lowest BCUT2D eigenvalue weighted by molar-refractivity contribution is -0.124. The predicted octanol–water partition coefficient (Wildman–Crippen LogP) is 20.6. The van der Waals surface area contributed by atoms with Gasteiger partial charge in [0.2, 0.25) is 0 Å². The zero-order valence-electron chi connectivity index (χ0n) is 45.8. The first-order valence-electron chi connectivity index (χ1n) is 28.5. The molecule has 0 bridgehead atoms. The van der Waals surface area contributed by atoms with E-state index in [2.05, 4.69) is 128 Å². The fourth-order valence-corrected chi connectivity index (χ4v) is 15.7. The van der Waals surface area contributed by atoms with Gasteiger partial charge >= 0.3 is 0 Å². The summed E-state index contributed by atoms with van der Waals surface area (Å²) in [7, 11) is 0. The first kappa shape index (κ1) is 55.7. The van der Waals surface area contributed by atoms with Crippen molar-refractivity contribution in [1.29, 1.82) is 0 Å². The molecule has 0 aliphatic carbocycles. The fraction of sp³-hybridized carbons (Fsp3) is 0.619.